The molecule has 0 saturated carbocycles. The average Bonchev–Trinajstić information content (AvgIpc) is 2.14. The topological polar surface area (TPSA) is 49.3 Å². The second-order valence-electron chi connectivity index (χ2n) is 2.54. The molecular weight excluding hydrogens is 118 g/mol. The second-order valence-corrected chi connectivity index (χ2v) is 2.54. The molecule has 0 spiro atoms. The van der Waals surface area contributed by atoms with E-state index in [0.29, 0.717) is 6.04 Å². The summed E-state index contributed by atoms with van der Waals surface area (Å²) in [6, 6.07) is 0.0890. The third kappa shape index (κ3) is 1.42. The smallest absolute Gasteiger partial charge is 0.320 e. The fraction of sp³-hybridized carbons (Fsp3) is 0.833. The minimum atomic E-state index is -0.723. The fourth-order valence-corrected chi connectivity index (χ4v) is 1.12. The Balaban J connectivity index is 2.39. The Morgan fingerprint density at radius 2 is 2.33 bits per heavy atom. The molecule has 52 valence electrons. The van der Waals surface area contributed by atoms with Crippen LogP contribution in [0, 0.1) is 0 Å². The first kappa shape index (κ1) is 6.55. The van der Waals surface area contributed by atoms with Gasteiger partial charge < -0.3 is 10.4 Å². The van der Waals surface area contributed by atoms with Crippen molar-refractivity contribution >= 4 is 5.97 Å². The van der Waals surface area contributed by atoms with Crippen LogP contribution in [0.3, 0.4) is 0 Å². The highest BCUT2D eigenvalue weighted by Gasteiger charge is 2.25. The summed E-state index contributed by atoms with van der Waals surface area (Å²) in [6.07, 6.45) is 1.76. The maximum atomic E-state index is 10.3. The second kappa shape index (κ2) is 2.35. The van der Waals surface area contributed by atoms with Gasteiger partial charge in [-0.2, -0.15) is 0 Å². The minimum absolute atomic E-state index is 0.292. The molecule has 1 rings (SSSR count). The van der Waals surface area contributed by atoms with Gasteiger partial charge in [0.2, 0.25) is 0 Å². The maximum Gasteiger partial charge on any atom is 0.320 e. The summed E-state index contributed by atoms with van der Waals surface area (Å²) in [4.78, 5) is 10.3. The van der Waals surface area contributed by atoms with E-state index in [1.54, 1.807) is 0 Å². The summed E-state index contributed by atoms with van der Waals surface area (Å²) in [6.45, 7) is 2.00. The van der Waals surface area contributed by atoms with Crippen molar-refractivity contribution in [2.45, 2.75) is 31.8 Å². The average molecular weight is 129 g/mol. The van der Waals surface area contributed by atoms with Crippen LogP contribution < -0.4 is 5.32 Å². The molecule has 9 heavy (non-hydrogen) atoms. The van der Waals surface area contributed by atoms with Crippen molar-refractivity contribution in [2.75, 3.05) is 0 Å². The summed E-state index contributed by atoms with van der Waals surface area (Å²) >= 11 is 0. The highest BCUT2D eigenvalue weighted by Crippen LogP contribution is 2.10. The Hall–Kier alpha value is -0.570. The molecule has 1 fully saturated rings. The van der Waals surface area contributed by atoms with Crippen molar-refractivity contribution in [2.24, 2.45) is 0 Å². The Labute approximate surface area is 54.1 Å². The third-order valence-corrected chi connectivity index (χ3v) is 1.67. The van der Waals surface area contributed by atoms with Gasteiger partial charge in [-0.15, -0.1) is 0 Å². The van der Waals surface area contributed by atoms with Crippen LogP contribution in [0.4, 0.5) is 0 Å². The van der Waals surface area contributed by atoms with Gasteiger partial charge in [0, 0.05) is 6.04 Å². The Bertz CT molecular complexity index is 124. The molecule has 2 atom stereocenters. The number of carboxylic acids is 1. The highest BCUT2D eigenvalue weighted by atomic mass is 16.4. The van der Waals surface area contributed by atoms with Crippen molar-refractivity contribution in [1.29, 1.82) is 0 Å². The van der Waals surface area contributed by atoms with E-state index in [1.165, 1.54) is 0 Å². The number of aliphatic carboxylic acids is 1. The van der Waals surface area contributed by atoms with Crippen molar-refractivity contribution in [1.82, 2.24) is 5.32 Å². The first-order valence-electron chi connectivity index (χ1n) is 3.19. The van der Waals surface area contributed by atoms with Crippen LogP contribution in [0.25, 0.3) is 0 Å². The standard InChI is InChI=1S/C6H11NO2/c1-4-2-3-5(7-4)6(8)9/h4-5,7H,2-3H2,1H3,(H,8,9)/t4?,5-/m0/s1. The quantitative estimate of drug-likeness (QED) is 0.532. The summed E-state index contributed by atoms with van der Waals surface area (Å²) < 4.78 is 0. The molecule has 1 unspecified atom stereocenters. The van der Waals surface area contributed by atoms with Crippen molar-refractivity contribution < 1.29 is 9.90 Å². The van der Waals surface area contributed by atoms with Crippen LogP contribution in [0.1, 0.15) is 19.8 Å². The van der Waals surface area contributed by atoms with Gasteiger partial charge in [0.15, 0.2) is 0 Å². The molecule has 3 heteroatoms. The molecule has 0 aromatic rings. The molecule has 3 nitrogen and oxygen atoms in total. The first-order chi connectivity index (χ1) is 4.20. The van der Waals surface area contributed by atoms with Gasteiger partial charge >= 0.3 is 5.97 Å². The number of carbonyl (C=O) groups is 1. The molecule has 0 aliphatic carbocycles. The van der Waals surface area contributed by atoms with Crippen molar-refractivity contribution in [3.05, 3.63) is 0 Å². The highest BCUT2D eigenvalue weighted by molar-refractivity contribution is 5.73. The van der Waals surface area contributed by atoms with Gasteiger partial charge in [-0.3, -0.25) is 4.79 Å². The molecule has 1 aliphatic heterocycles. The molecule has 0 bridgehead atoms. The van der Waals surface area contributed by atoms with Gasteiger partial charge in [-0.05, 0) is 19.8 Å². The summed E-state index contributed by atoms with van der Waals surface area (Å²) in [5.41, 5.74) is 0. The van der Waals surface area contributed by atoms with Gasteiger partial charge in [0.1, 0.15) is 6.04 Å². The van der Waals surface area contributed by atoms with Crippen LogP contribution in [-0.2, 0) is 4.79 Å². The van der Waals surface area contributed by atoms with Gasteiger partial charge in [-0.25, -0.2) is 0 Å². The van der Waals surface area contributed by atoms with Gasteiger partial charge in [0.25, 0.3) is 0 Å². The summed E-state index contributed by atoms with van der Waals surface area (Å²) in [5, 5.41) is 11.4. The molecule has 0 aromatic carbocycles. The molecule has 1 heterocycles. The zero-order chi connectivity index (χ0) is 6.85. The number of hydrogen-bond acceptors (Lipinski definition) is 2. The predicted molar refractivity (Wildman–Crippen MR) is 33.3 cm³/mol. The van der Waals surface area contributed by atoms with Gasteiger partial charge in [0.05, 0.1) is 0 Å². The van der Waals surface area contributed by atoms with E-state index in [4.69, 9.17) is 5.11 Å². The number of rotatable bonds is 1. The van der Waals surface area contributed by atoms with E-state index < -0.39 is 5.97 Å². The van der Waals surface area contributed by atoms with E-state index in [0.717, 1.165) is 12.8 Å². The van der Waals surface area contributed by atoms with E-state index >= 15 is 0 Å². The molecule has 0 radical (unpaired) electrons. The largest absolute Gasteiger partial charge is 0.480 e. The lowest BCUT2D eigenvalue weighted by Crippen LogP contribution is -2.33. The first-order valence-corrected chi connectivity index (χ1v) is 3.19. The monoisotopic (exact) mass is 129 g/mol. The third-order valence-electron chi connectivity index (χ3n) is 1.67. The van der Waals surface area contributed by atoms with Crippen LogP contribution in [0.15, 0.2) is 0 Å². The molecule has 2 N–H and O–H groups in total. The minimum Gasteiger partial charge on any atom is -0.480 e. The molecular formula is C6H11NO2. The number of hydrogen-bond donors (Lipinski definition) is 2. The number of carboxylic acid groups (broad SMARTS) is 1. The Morgan fingerprint density at radius 3 is 2.56 bits per heavy atom. The lowest BCUT2D eigenvalue weighted by molar-refractivity contribution is -0.139. The van der Waals surface area contributed by atoms with E-state index in [9.17, 15) is 4.79 Å². The SMILES string of the molecule is CC1CC[C@@H](C(=O)O)N1. The number of nitrogens with one attached hydrogen (secondary N) is 1. The summed E-state index contributed by atoms with van der Waals surface area (Å²) in [7, 11) is 0. The van der Waals surface area contributed by atoms with Gasteiger partial charge in [-0.1, -0.05) is 0 Å². The van der Waals surface area contributed by atoms with Crippen LogP contribution >= 0.6 is 0 Å². The molecule has 0 aromatic heterocycles. The van der Waals surface area contributed by atoms with Crippen molar-refractivity contribution in [3.8, 4) is 0 Å². The van der Waals surface area contributed by atoms with Crippen molar-refractivity contribution in [3.63, 3.8) is 0 Å². The van der Waals surface area contributed by atoms with Crippen LogP contribution in [0.2, 0.25) is 0 Å². The zero-order valence-corrected chi connectivity index (χ0v) is 5.42. The molecule has 1 aliphatic rings. The lowest BCUT2D eigenvalue weighted by atomic mass is 10.2. The summed E-state index contributed by atoms with van der Waals surface area (Å²) in [5.74, 6) is -0.723. The fourth-order valence-electron chi connectivity index (χ4n) is 1.12. The van der Waals surface area contributed by atoms with E-state index in [1.807, 2.05) is 6.92 Å². The maximum absolute atomic E-state index is 10.3. The van der Waals surface area contributed by atoms with E-state index in [2.05, 4.69) is 5.32 Å². The zero-order valence-electron chi connectivity index (χ0n) is 5.42. The normalized spacial score (nSPS) is 34.8. The Kier molecular flexibility index (Phi) is 1.71. The van der Waals surface area contributed by atoms with E-state index in [-0.39, 0.29) is 6.04 Å². The van der Waals surface area contributed by atoms with Crippen LogP contribution in [0.5, 0.6) is 0 Å². The van der Waals surface area contributed by atoms with Crippen LogP contribution in [-0.4, -0.2) is 23.2 Å². The molecule has 0 amide bonds. The predicted octanol–water partition coefficient (Wildman–Crippen LogP) is 0.212. The molecule has 1 saturated heterocycles. The Morgan fingerprint density at radius 1 is 1.67 bits per heavy atom. The lowest BCUT2D eigenvalue weighted by Gasteiger charge is -2.03.